The smallest absolute Gasteiger partial charge is 0.302 e. The quantitative estimate of drug-likeness (QED) is 0.398. The van der Waals surface area contributed by atoms with Crippen LogP contribution in [0.3, 0.4) is 0 Å². The molecule has 1 N–H and O–H groups in total. The summed E-state index contributed by atoms with van der Waals surface area (Å²) in [6.45, 7) is 15.6. The standard InChI is InChI=1S/C31H50O4/c1-8-22(19(2)3)10-9-20(4)25-11-12-26-24-17-28(33)31(34)18-23(35-21(5)32)13-16-30(31,7)27(24)14-15-29(25,26)6/h17,19-20,22-23,25-27,34H,8-16,18H2,1-7H3/t20-,22-,23+,25-,26+,27+,29-,30-,31+/m1/s1. The molecule has 0 amide bonds. The third-order valence-electron chi connectivity index (χ3n) is 11.6. The number of hydrogen-bond acceptors (Lipinski definition) is 4. The third kappa shape index (κ3) is 4.34. The summed E-state index contributed by atoms with van der Waals surface area (Å²) >= 11 is 0. The second-order valence-corrected chi connectivity index (χ2v) is 13.6. The first kappa shape index (κ1) is 26.9. The van der Waals surface area contributed by atoms with Crippen molar-refractivity contribution in [2.75, 3.05) is 0 Å². The van der Waals surface area contributed by atoms with Gasteiger partial charge in [0.15, 0.2) is 5.78 Å². The highest BCUT2D eigenvalue weighted by atomic mass is 16.5. The van der Waals surface area contributed by atoms with E-state index in [1.165, 1.54) is 51.0 Å². The molecule has 198 valence electrons. The lowest BCUT2D eigenvalue weighted by Crippen LogP contribution is -2.64. The van der Waals surface area contributed by atoms with Crippen LogP contribution in [0, 0.1) is 46.3 Å². The molecule has 0 bridgehead atoms. The molecular formula is C31H50O4. The summed E-state index contributed by atoms with van der Waals surface area (Å²) in [7, 11) is 0. The molecule has 0 aromatic rings. The van der Waals surface area contributed by atoms with Gasteiger partial charge in [0.1, 0.15) is 11.7 Å². The maximum atomic E-state index is 13.6. The monoisotopic (exact) mass is 486 g/mol. The topological polar surface area (TPSA) is 63.6 Å². The number of allylic oxidation sites excluding steroid dienone is 1. The van der Waals surface area contributed by atoms with Crippen LogP contribution in [0.4, 0.5) is 0 Å². The van der Waals surface area contributed by atoms with E-state index in [1.54, 1.807) is 0 Å². The molecule has 35 heavy (non-hydrogen) atoms. The highest BCUT2D eigenvalue weighted by Crippen LogP contribution is 2.67. The van der Waals surface area contributed by atoms with Crippen LogP contribution in [-0.2, 0) is 14.3 Å². The second-order valence-electron chi connectivity index (χ2n) is 13.6. The molecule has 0 heterocycles. The molecule has 3 saturated carbocycles. The predicted molar refractivity (Wildman–Crippen MR) is 140 cm³/mol. The average Bonchev–Trinajstić information content (AvgIpc) is 3.13. The number of ketones is 1. The van der Waals surface area contributed by atoms with E-state index in [9.17, 15) is 14.7 Å². The van der Waals surface area contributed by atoms with Crippen LogP contribution < -0.4 is 0 Å². The van der Waals surface area contributed by atoms with Gasteiger partial charge in [0.25, 0.3) is 0 Å². The van der Waals surface area contributed by atoms with Gasteiger partial charge in [-0.15, -0.1) is 0 Å². The van der Waals surface area contributed by atoms with Crippen molar-refractivity contribution in [3.8, 4) is 0 Å². The summed E-state index contributed by atoms with van der Waals surface area (Å²) in [5.74, 6) is 3.22. The summed E-state index contributed by atoms with van der Waals surface area (Å²) in [5, 5.41) is 11.8. The first-order valence-corrected chi connectivity index (χ1v) is 14.5. The Hall–Kier alpha value is -1.16. The summed E-state index contributed by atoms with van der Waals surface area (Å²) in [6, 6.07) is 0. The lowest BCUT2D eigenvalue weighted by molar-refractivity contribution is -0.188. The summed E-state index contributed by atoms with van der Waals surface area (Å²) < 4.78 is 5.45. The van der Waals surface area contributed by atoms with Crippen LogP contribution in [0.5, 0.6) is 0 Å². The Labute approximate surface area is 213 Å². The van der Waals surface area contributed by atoms with E-state index in [-0.39, 0.29) is 35.6 Å². The Kier molecular flexibility index (Phi) is 7.39. The Morgan fingerprint density at radius 1 is 1.09 bits per heavy atom. The number of fused-ring (bicyclic) bond motifs is 5. The lowest BCUT2D eigenvalue weighted by Gasteiger charge is -2.60. The Morgan fingerprint density at radius 2 is 1.80 bits per heavy atom. The molecule has 0 aliphatic heterocycles. The van der Waals surface area contributed by atoms with Crippen molar-refractivity contribution in [3.05, 3.63) is 11.6 Å². The van der Waals surface area contributed by atoms with E-state index in [1.807, 2.05) is 6.08 Å². The van der Waals surface area contributed by atoms with Gasteiger partial charge in [0, 0.05) is 18.8 Å². The van der Waals surface area contributed by atoms with Crippen molar-refractivity contribution in [1.82, 2.24) is 0 Å². The highest BCUT2D eigenvalue weighted by molar-refractivity contribution is 5.99. The van der Waals surface area contributed by atoms with Crippen molar-refractivity contribution < 1.29 is 19.4 Å². The van der Waals surface area contributed by atoms with Crippen molar-refractivity contribution >= 4 is 11.8 Å². The number of carbonyl (C=O) groups is 2. The molecule has 4 heteroatoms. The zero-order chi connectivity index (χ0) is 25.8. The summed E-state index contributed by atoms with van der Waals surface area (Å²) in [4.78, 5) is 25.1. The van der Waals surface area contributed by atoms with E-state index in [2.05, 4.69) is 41.5 Å². The van der Waals surface area contributed by atoms with Crippen LogP contribution in [0.25, 0.3) is 0 Å². The molecule has 0 unspecified atom stereocenters. The molecular weight excluding hydrogens is 436 g/mol. The number of rotatable bonds is 7. The third-order valence-corrected chi connectivity index (χ3v) is 11.6. The van der Waals surface area contributed by atoms with Crippen LogP contribution in [0.1, 0.15) is 113 Å². The fourth-order valence-electron chi connectivity index (χ4n) is 9.33. The van der Waals surface area contributed by atoms with E-state index in [0.717, 1.165) is 31.1 Å². The van der Waals surface area contributed by atoms with Crippen LogP contribution in [0.2, 0.25) is 0 Å². The van der Waals surface area contributed by atoms with Gasteiger partial charge in [-0.3, -0.25) is 9.59 Å². The van der Waals surface area contributed by atoms with Gasteiger partial charge >= 0.3 is 5.97 Å². The van der Waals surface area contributed by atoms with Crippen LogP contribution in [-0.4, -0.2) is 28.6 Å². The minimum Gasteiger partial charge on any atom is -0.462 e. The predicted octanol–water partition coefficient (Wildman–Crippen LogP) is 6.89. The van der Waals surface area contributed by atoms with Crippen molar-refractivity contribution in [3.63, 3.8) is 0 Å². The minimum absolute atomic E-state index is 0.147. The van der Waals surface area contributed by atoms with Crippen molar-refractivity contribution in [1.29, 1.82) is 0 Å². The second kappa shape index (κ2) is 9.62. The molecule has 9 atom stereocenters. The molecule has 4 aliphatic rings. The zero-order valence-corrected chi connectivity index (χ0v) is 23.4. The number of hydrogen-bond donors (Lipinski definition) is 1. The van der Waals surface area contributed by atoms with Crippen LogP contribution >= 0.6 is 0 Å². The van der Waals surface area contributed by atoms with Gasteiger partial charge in [-0.25, -0.2) is 0 Å². The Morgan fingerprint density at radius 3 is 2.43 bits per heavy atom. The molecule has 3 fully saturated rings. The minimum atomic E-state index is -1.43. The summed E-state index contributed by atoms with van der Waals surface area (Å²) in [5.41, 5.74) is -0.306. The Bertz CT molecular complexity index is 860. The molecule has 4 rings (SSSR count). The average molecular weight is 487 g/mol. The number of esters is 1. The van der Waals surface area contributed by atoms with Gasteiger partial charge in [0.2, 0.25) is 0 Å². The van der Waals surface area contributed by atoms with Crippen molar-refractivity contribution in [2.45, 2.75) is 124 Å². The first-order valence-electron chi connectivity index (χ1n) is 14.5. The molecule has 0 radical (unpaired) electrons. The van der Waals surface area contributed by atoms with Gasteiger partial charge in [0.05, 0.1) is 0 Å². The maximum absolute atomic E-state index is 13.6. The first-order chi connectivity index (χ1) is 16.4. The van der Waals surface area contributed by atoms with E-state index < -0.39 is 11.0 Å². The molecule has 0 spiro atoms. The molecule has 0 saturated heterocycles. The number of carbonyl (C=O) groups excluding carboxylic acids is 2. The summed E-state index contributed by atoms with van der Waals surface area (Å²) in [6.07, 6.45) is 11.7. The largest absolute Gasteiger partial charge is 0.462 e. The van der Waals surface area contributed by atoms with Crippen molar-refractivity contribution in [2.24, 2.45) is 46.3 Å². The maximum Gasteiger partial charge on any atom is 0.302 e. The fraction of sp³-hybridized carbons (Fsp3) is 0.871. The van der Waals surface area contributed by atoms with E-state index in [4.69, 9.17) is 4.74 Å². The van der Waals surface area contributed by atoms with E-state index in [0.29, 0.717) is 17.8 Å². The van der Waals surface area contributed by atoms with Gasteiger partial charge in [-0.1, -0.05) is 60.0 Å². The number of aliphatic hydroxyl groups is 1. The van der Waals surface area contributed by atoms with Crippen LogP contribution in [0.15, 0.2) is 11.6 Å². The van der Waals surface area contributed by atoms with Gasteiger partial charge in [-0.2, -0.15) is 0 Å². The molecule has 4 aliphatic carbocycles. The zero-order valence-electron chi connectivity index (χ0n) is 23.4. The highest BCUT2D eigenvalue weighted by Gasteiger charge is 2.65. The molecule has 4 nitrogen and oxygen atoms in total. The Balaban J connectivity index is 1.55. The lowest BCUT2D eigenvalue weighted by atomic mass is 9.46. The van der Waals surface area contributed by atoms with Gasteiger partial charge in [-0.05, 0) is 91.9 Å². The fourth-order valence-corrected chi connectivity index (χ4v) is 9.33. The molecule has 0 aromatic carbocycles. The SMILES string of the molecule is CC[C@H](CC[C@@H](C)[C@H]1CC[C@H]2C3=CC(=O)[C@@]4(O)C[C@@H](OC(C)=O)CC[C@]4(C)[C@H]3CC[C@]12C)C(C)C. The molecule has 0 aromatic heterocycles. The van der Waals surface area contributed by atoms with E-state index >= 15 is 0 Å². The normalized spacial score (nSPS) is 42.5. The van der Waals surface area contributed by atoms with Gasteiger partial charge < -0.3 is 9.84 Å². The number of ether oxygens (including phenoxy) is 1.